The Bertz CT molecular complexity index is 549. The van der Waals surface area contributed by atoms with Crippen LogP contribution in [0.1, 0.15) is 16.1 Å². The van der Waals surface area contributed by atoms with Crippen molar-refractivity contribution >= 4 is 5.97 Å². The van der Waals surface area contributed by atoms with E-state index in [0.29, 0.717) is 16.8 Å². The van der Waals surface area contributed by atoms with E-state index < -0.39 is 5.97 Å². The van der Waals surface area contributed by atoms with E-state index >= 15 is 0 Å². The summed E-state index contributed by atoms with van der Waals surface area (Å²) in [4.78, 5) is 10.8. The fourth-order valence-corrected chi connectivity index (χ4v) is 1.52. The molecule has 16 heavy (non-hydrogen) atoms. The van der Waals surface area contributed by atoms with Gasteiger partial charge in [0.05, 0.1) is 5.69 Å². The van der Waals surface area contributed by atoms with E-state index in [-0.39, 0.29) is 11.5 Å². The number of aromatic carboxylic acids is 1. The van der Waals surface area contributed by atoms with Gasteiger partial charge in [0, 0.05) is 11.1 Å². The monoisotopic (exact) mass is 220 g/mol. The third-order valence-electron chi connectivity index (χ3n) is 2.32. The molecule has 2 aromatic rings. The highest BCUT2D eigenvalue weighted by molar-refractivity contribution is 5.89. The molecule has 0 saturated carbocycles. The molecule has 0 atom stereocenters. The highest BCUT2D eigenvalue weighted by Crippen LogP contribution is 2.23. The lowest BCUT2D eigenvalue weighted by Crippen LogP contribution is -1.98. The molecule has 82 valence electrons. The number of nitrogens with one attached hydrogen (secondary N) is 1. The smallest absolute Gasteiger partial charge is 0.354 e. The van der Waals surface area contributed by atoms with Gasteiger partial charge in [-0.05, 0) is 19.1 Å². The Hall–Kier alpha value is -2.17. The first-order chi connectivity index (χ1) is 7.59. The molecule has 2 N–H and O–H groups in total. The van der Waals surface area contributed by atoms with Crippen molar-refractivity contribution in [2.24, 2.45) is 0 Å². The van der Waals surface area contributed by atoms with Gasteiger partial charge < -0.3 is 5.11 Å². The van der Waals surface area contributed by atoms with Crippen LogP contribution in [0.15, 0.2) is 24.3 Å². The molecule has 4 nitrogen and oxygen atoms in total. The van der Waals surface area contributed by atoms with Gasteiger partial charge in [0.15, 0.2) is 0 Å². The first kappa shape index (κ1) is 10.4. The number of hydrogen-bond donors (Lipinski definition) is 2. The number of carbonyl (C=O) groups is 1. The van der Waals surface area contributed by atoms with Gasteiger partial charge in [-0.15, -0.1) is 0 Å². The lowest BCUT2D eigenvalue weighted by Gasteiger charge is -1.98. The molecule has 1 aromatic carbocycles. The van der Waals surface area contributed by atoms with Gasteiger partial charge in [-0.1, -0.05) is 12.1 Å². The number of H-pyrrole nitrogens is 1. The van der Waals surface area contributed by atoms with Crippen molar-refractivity contribution in [3.05, 3.63) is 41.3 Å². The highest BCUT2D eigenvalue weighted by Gasteiger charge is 2.15. The lowest BCUT2D eigenvalue weighted by molar-refractivity contribution is 0.0689. The van der Waals surface area contributed by atoms with Crippen molar-refractivity contribution in [1.82, 2.24) is 10.2 Å². The van der Waals surface area contributed by atoms with Gasteiger partial charge in [0.2, 0.25) is 0 Å². The maximum atomic E-state index is 13.0. The largest absolute Gasteiger partial charge is 0.477 e. The quantitative estimate of drug-likeness (QED) is 0.815. The van der Waals surface area contributed by atoms with Crippen LogP contribution in [0.4, 0.5) is 4.39 Å². The Labute approximate surface area is 90.7 Å². The van der Waals surface area contributed by atoms with E-state index in [2.05, 4.69) is 10.2 Å². The summed E-state index contributed by atoms with van der Waals surface area (Å²) in [7, 11) is 0. The summed E-state index contributed by atoms with van der Waals surface area (Å²) in [5.74, 6) is -1.45. The van der Waals surface area contributed by atoms with Gasteiger partial charge in [-0.2, -0.15) is 5.10 Å². The SMILES string of the molecule is Cc1c(-c2cccc(F)c2)n[nH]c1C(=O)O. The van der Waals surface area contributed by atoms with Crippen molar-refractivity contribution in [1.29, 1.82) is 0 Å². The van der Waals surface area contributed by atoms with Crippen LogP contribution in [-0.4, -0.2) is 21.3 Å². The van der Waals surface area contributed by atoms with Crippen molar-refractivity contribution in [3.63, 3.8) is 0 Å². The van der Waals surface area contributed by atoms with Crippen LogP contribution in [0.25, 0.3) is 11.3 Å². The fourth-order valence-electron chi connectivity index (χ4n) is 1.52. The summed E-state index contributed by atoms with van der Waals surface area (Å²) in [6.07, 6.45) is 0. The molecule has 0 unspecified atom stereocenters. The van der Waals surface area contributed by atoms with Crippen LogP contribution in [0.2, 0.25) is 0 Å². The number of carboxylic acids is 1. The molecule has 0 aliphatic rings. The molecule has 0 saturated heterocycles. The molecule has 0 radical (unpaired) electrons. The predicted octanol–water partition coefficient (Wildman–Crippen LogP) is 2.22. The third-order valence-corrected chi connectivity index (χ3v) is 2.32. The Morgan fingerprint density at radius 2 is 2.25 bits per heavy atom. The number of aromatic amines is 1. The average molecular weight is 220 g/mol. The summed E-state index contributed by atoms with van der Waals surface area (Å²) in [6, 6.07) is 5.87. The number of benzene rings is 1. The van der Waals surface area contributed by atoms with E-state index in [4.69, 9.17) is 5.11 Å². The summed E-state index contributed by atoms with van der Waals surface area (Å²) in [5.41, 5.74) is 1.54. The van der Waals surface area contributed by atoms with E-state index in [9.17, 15) is 9.18 Å². The number of rotatable bonds is 2. The molecule has 0 aliphatic carbocycles. The maximum Gasteiger partial charge on any atom is 0.354 e. The third kappa shape index (κ3) is 1.67. The van der Waals surface area contributed by atoms with Crippen LogP contribution < -0.4 is 0 Å². The Morgan fingerprint density at radius 3 is 2.81 bits per heavy atom. The zero-order chi connectivity index (χ0) is 11.7. The summed E-state index contributed by atoms with van der Waals surface area (Å²) in [5, 5.41) is 15.1. The van der Waals surface area contributed by atoms with Crippen molar-refractivity contribution in [3.8, 4) is 11.3 Å². The zero-order valence-electron chi connectivity index (χ0n) is 8.49. The normalized spacial score (nSPS) is 10.4. The Morgan fingerprint density at radius 1 is 1.50 bits per heavy atom. The number of halogens is 1. The summed E-state index contributed by atoms with van der Waals surface area (Å²) < 4.78 is 13.0. The van der Waals surface area contributed by atoms with Crippen LogP contribution >= 0.6 is 0 Å². The molecular formula is C11H9FN2O2. The first-order valence-corrected chi connectivity index (χ1v) is 4.64. The standard InChI is InChI=1S/C11H9FN2O2/c1-6-9(13-14-10(6)11(15)16)7-3-2-4-8(12)5-7/h2-5H,1H3,(H,13,14)(H,15,16). The number of hydrogen-bond acceptors (Lipinski definition) is 2. The maximum absolute atomic E-state index is 13.0. The lowest BCUT2D eigenvalue weighted by atomic mass is 10.1. The number of carboxylic acid groups (broad SMARTS) is 1. The summed E-state index contributed by atoms with van der Waals surface area (Å²) >= 11 is 0. The minimum atomic E-state index is -1.08. The van der Waals surface area contributed by atoms with Gasteiger partial charge in [-0.3, -0.25) is 5.10 Å². The van der Waals surface area contributed by atoms with E-state index in [1.807, 2.05) is 0 Å². The van der Waals surface area contributed by atoms with Crippen LogP contribution in [0.3, 0.4) is 0 Å². The van der Waals surface area contributed by atoms with Gasteiger partial charge >= 0.3 is 5.97 Å². The minimum Gasteiger partial charge on any atom is -0.477 e. The molecule has 0 spiro atoms. The molecule has 0 bridgehead atoms. The zero-order valence-corrected chi connectivity index (χ0v) is 8.49. The Kier molecular flexibility index (Phi) is 2.44. The second-order valence-corrected chi connectivity index (χ2v) is 3.39. The molecule has 0 aliphatic heterocycles. The highest BCUT2D eigenvalue weighted by atomic mass is 19.1. The summed E-state index contributed by atoms with van der Waals surface area (Å²) in [6.45, 7) is 1.63. The second-order valence-electron chi connectivity index (χ2n) is 3.39. The molecule has 5 heteroatoms. The van der Waals surface area contributed by atoms with Crippen LogP contribution in [0.5, 0.6) is 0 Å². The van der Waals surface area contributed by atoms with E-state index in [1.54, 1.807) is 19.1 Å². The van der Waals surface area contributed by atoms with Gasteiger partial charge in [0.1, 0.15) is 11.5 Å². The first-order valence-electron chi connectivity index (χ1n) is 4.64. The van der Waals surface area contributed by atoms with Crippen molar-refractivity contribution in [2.45, 2.75) is 6.92 Å². The molecular weight excluding hydrogens is 211 g/mol. The molecule has 2 rings (SSSR count). The molecule has 1 aromatic heterocycles. The molecule has 0 amide bonds. The van der Waals surface area contributed by atoms with Gasteiger partial charge in [0.25, 0.3) is 0 Å². The van der Waals surface area contributed by atoms with E-state index in [0.717, 1.165) is 0 Å². The van der Waals surface area contributed by atoms with Gasteiger partial charge in [-0.25, -0.2) is 9.18 Å². The van der Waals surface area contributed by atoms with E-state index in [1.165, 1.54) is 12.1 Å². The second kappa shape index (κ2) is 3.77. The number of nitrogens with zero attached hydrogens (tertiary/aromatic N) is 1. The van der Waals surface area contributed by atoms with Crippen molar-refractivity contribution < 1.29 is 14.3 Å². The topological polar surface area (TPSA) is 66.0 Å². The average Bonchev–Trinajstić information content (AvgIpc) is 2.60. The fraction of sp³-hybridized carbons (Fsp3) is 0.0909. The number of aromatic nitrogens is 2. The van der Waals surface area contributed by atoms with Crippen molar-refractivity contribution in [2.75, 3.05) is 0 Å². The Balaban J connectivity index is 2.53. The molecule has 0 fully saturated rings. The molecule has 1 heterocycles. The predicted molar refractivity (Wildman–Crippen MR) is 55.7 cm³/mol. The minimum absolute atomic E-state index is 0.0271. The van der Waals surface area contributed by atoms with Crippen LogP contribution in [-0.2, 0) is 0 Å². The van der Waals surface area contributed by atoms with Crippen LogP contribution in [0, 0.1) is 12.7 Å².